The van der Waals surface area contributed by atoms with Crippen LogP contribution < -0.4 is 0 Å². The second-order valence-corrected chi connectivity index (χ2v) is 6.81. The third kappa shape index (κ3) is 3.27. The minimum Gasteiger partial charge on any atom is -0.411 e. The van der Waals surface area contributed by atoms with Gasteiger partial charge in [-0.05, 0) is 17.0 Å². The summed E-state index contributed by atoms with van der Waals surface area (Å²) < 4.78 is 0. The highest BCUT2D eigenvalue weighted by atomic mass is 16.4. The Morgan fingerprint density at radius 2 is 1.56 bits per heavy atom. The Labute approximate surface area is 147 Å². The Hall–Kier alpha value is -2.69. The van der Waals surface area contributed by atoms with Gasteiger partial charge in [-0.3, -0.25) is 0 Å². The fourth-order valence-electron chi connectivity index (χ4n) is 3.89. The zero-order valence-electron chi connectivity index (χ0n) is 14.5. The van der Waals surface area contributed by atoms with Crippen LogP contribution >= 0.6 is 0 Å². The first-order valence-corrected chi connectivity index (χ1v) is 8.59. The number of hydrogen-bond donors (Lipinski definition) is 1. The number of nitrogens with zero attached hydrogens (tertiary/aromatic N) is 3. The summed E-state index contributed by atoms with van der Waals surface area (Å²) in [6.07, 6.45) is 0.485. The van der Waals surface area contributed by atoms with Crippen LogP contribution in [0.1, 0.15) is 43.5 Å². The van der Waals surface area contributed by atoms with Gasteiger partial charge in [0.1, 0.15) is 0 Å². The van der Waals surface area contributed by atoms with E-state index in [0.717, 1.165) is 16.8 Å². The molecule has 1 fully saturated rings. The fourth-order valence-corrected chi connectivity index (χ4v) is 3.89. The summed E-state index contributed by atoms with van der Waals surface area (Å²) >= 11 is 0. The van der Waals surface area contributed by atoms with Crippen molar-refractivity contribution in [2.24, 2.45) is 22.3 Å². The standard InChI is InChI=1S/C20H23N3O2/c1-14(2)19-17(21-24)13-18(15-9-5-3-6-10-15)23(22-25)20(19)16-11-7-4-8-12-16/h3-12,14,18-20,24H,13H2,1-2H3/b21-17+/t18-,19+,20-/m1/s1. The van der Waals surface area contributed by atoms with Crippen molar-refractivity contribution in [3.8, 4) is 0 Å². The van der Waals surface area contributed by atoms with Crippen LogP contribution in [0.5, 0.6) is 0 Å². The molecule has 0 aromatic heterocycles. The van der Waals surface area contributed by atoms with Gasteiger partial charge in [-0.2, -0.15) is 0 Å². The Kier molecular flexibility index (Phi) is 5.12. The van der Waals surface area contributed by atoms with Crippen molar-refractivity contribution in [1.29, 1.82) is 0 Å². The van der Waals surface area contributed by atoms with E-state index in [-0.39, 0.29) is 23.9 Å². The normalized spacial score (nSPS) is 25.3. The van der Waals surface area contributed by atoms with Gasteiger partial charge in [0.25, 0.3) is 0 Å². The molecule has 0 aliphatic carbocycles. The van der Waals surface area contributed by atoms with Gasteiger partial charge in [0.05, 0.1) is 23.1 Å². The van der Waals surface area contributed by atoms with E-state index < -0.39 is 0 Å². The van der Waals surface area contributed by atoms with E-state index in [1.54, 1.807) is 5.01 Å². The molecule has 0 spiro atoms. The van der Waals surface area contributed by atoms with E-state index in [4.69, 9.17) is 0 Å². The Morgan fingerprint density at radius 1 is 1.00 bits per heavy atom. The molecule has 1 aliphatic heterocycles. The number of hydrogen-bond acceptors (Lipinski definition) is 4. The van der Waals surface area contributed by atoms with E-state index >= 15 is 0 Å². The van der Waals surface area contributed by atoms with E-state index in [1.807, 2.05) is 60.7 Å². The second kappa shape index (κ2) is 7.47. The Balaban J connectivity index is 2.12. The Morgan fingerprint density at radius 3 is 2.04 bits per heavy atom. The van der Waals surface area contributed by atoms with E-state index in [9.17, 15) is 10.1 Å². The van der Waals surface area contributed by atoms with Crippen LogP contribution in [0.25, 0.3) is 0 Å². The molecule has 1 saturated heterocycles. The molecule has 3 atom stereocenters. The molecule has 0 amide bonds. The van der Waals surface area contributed by atoms with Crippen LogP contribution in [0.2, 0.25) is 0 Å². The molecule has 5 nitrogen and oxygen atoms in total. The first kappa shape index (κ1) is 17.1. The molecule has 0 saturated carbocycles. The largest absolute Gasteiger partial charge is 0.411 e. The number of benzene rings is 2. The predicted molar refractivity (Wildman–Crippen MR) is 98.2 cm³/mol. The number of oxime groups is 1. The van der Waals surface area contributed by atoms with E-state index in [1.165, 1.54) is 0 Å². The summed E-state index contributed by atoms with van der Waals surface area (Å²) in [5.41, 5.74) is 2.71. The average molecular weight is 337 g/mol. The molecule has 5 heteroatoms. The molecule has 0 bridgehead atoms. The maximum absolute atomic E-state index is 11.9. The van der Waals surface area contributed by atoms with Crippen molar-refractivity contribution in [1.82, 2.24) is 5.01 Å². The molecule has 2 aromatic carbocycles. The first-order chi connectivity index (χ1) is 12.2. The van der Waals surface area contributed by atoms with Crippen LogP contribution in [0.4, 0.5) is 0 Å². The first-order valence-electron chi connectivity index (χ1n) is 8.59. The van der Waals surface area contributed by atoms with Gasteiger partial charge >= 0.3 is 0 Å². The van der Waals surface area contributed by atoms with Crippen molar-refractivity contribution >= 4 is 5.71 Å². The quantitative estimate of drug-likeness (QED) is 0.487. The van der Waals surface area contributed by atoms with Gasteiger partial charge in [-0.15, -0.1) is 4.91 Å². The topological polar surface area (TPSA) is 65.3 Å². The maximum Gasteiger partial charge on any atom is 0.0843 e. The van der Waals surface area contributed by atoms with Gasteiger partial charge in [0, 0.05) is 12.3 Å². The van der Waals surface area contributed by atoms with Gasteiger partial charge in [0.15, 0.2) is 0 Å². The van der Waals surface area contributed by atoms with Gasteiger partial charge < -0.3 is 5.21 Å². The summed E-state index contributed by atoms with van der Waals surface area (Å²) in [6.45, 7) is 4.16. The highest BCUT2D eigenvalue weighted by Crippen LogP contribution is 2.46. The number of rotatable bonds is 4. The fraction of sp³-hybridized carbons (Fsp3) is 0.350. The lowest BCUT2D eigenvalue weighted by atomic mass is 9.74. The molecule has 130 valence electrons. The third-order valence-corrected chi connectivity index (χ3v) is 5.00. The summed E-state index contributed by atoms with van der Waals surface area (Å²) in [4.78, 5) is 11.9. The lowest BCUT2D eigenvalue weighted by Gasteiger charge is -2.45. The molecular weight excluding hydrogens is 314 g/mol. The van der Waals surface area contributed by atoms with E-state index in [0.29, 0.717) is 6.42 Å². The van der Waals surface area contributed by atoms with Gasteiger partial charge in [0.2, 0.25) is 0 Å². The zero-order valence-corrected chi connectivity index (χ0v) is 14.5. The van der Waals surface area contributed by atoms with Crippen LogP contribution in [-0.4, -0.2) is 15.9 Å². The summed E-state index contributed by atoms with van der Waals surface area (Å²) in [7, 11) is 0. The minimum absolute atomic E-state index is 0.0786. The summed E-state index contributed by atoms with van der Waals surface area (Å²) in [5, 5.41) is 18.3. The molecule has 0 radical (unpaired) electrons. The third-order valence-electron chi connectivity index (χ3n) is 5.00. The van der Waals surface area contributed by atoms with Gasteiger partial charge in [-0.1, -0.05) is 79.7 Å². The van der Waals surface area contributed by atoms with Crippen molar-refractivity contribution in [2.75, 3.05) is 0 Å². The molecule has 1 aliphatic rings. The molecule has 0 unspecified atom stereocenters. The smallest absolute Gasteiger partial charge is 0.0843 e. The predicted octanol–water partition coefficient (Wildman–Crippen LogP) is 4.96. The highest BCUT2D eigenvalue weighted by molar-refractivity contribution is 5.89. The van der Waals surface area contributed by atoms with Gasteiger partial charge in [-0.25, -0.2) is 5.01 Å². The van der Waals surface area contributed by atoms with Crippen LogP contribution in [0, 0.1) is 16.7 Å². The molecule has 25 heavy (non-hydrogen) atoms. The number of piperidine rings is 1. The minimum atomic E-state index is -0.261. The zero-order chi connectivity index (χ0) is 17.8. The highest BCUT2D eigenvalue weighted by Gasteiger charge is 2.44. The monoisotopic (exact) mass is 337 g/mol. The lowest BCUT2D eigenvalue weighted by molar-refractivity contribution is 0.0747. The Bertz CT molecular complexity index is 731. The maximum atomic E-state index is 11.9. The molecule has 3 rings (SSSR count). The number of nitroso groups, excluding NO2 is 1. The molecular formula is C20H23N3O2. The second-order valence-electron chi connectivity index (χ2n) is 6.81. The van der Waals surface area contributed by atoms with Crippen molar-refractivity contribution in [3.05, 3.63) is 76.7 Å². The van der Waals surface area contributed by atoms with Crippen molar-refractivity contribution < 1.29 is 5.21 Å². The van der Waals surface area contributed by atoms with Crippen molar-refractivity contribution in [3.63, 3.8) is 0 Å². The summed E-state index contributed by atoms with van der Waals surface area (Å²) in [6, 6.07) is 19.2. The van der Waals surface area contributed by atoms with Crippen LogP contribution in [-0.2, 0) is 0 Å². The lowest BCUT2D eigenvalue weighted by Crippen LogP contribution is -2.45. The molecule has 1 N–H and O–H groups in total. The molecule has 2 aromatic rings. The SMILES string of the molecule is CC(C)[C@H]1/C(=N/O)C[C@H](c2ccccc2)N(N=O)[C@@H]1c1ccccc1. The van der Waals surface area contributed by atoms with E-state index in [2.05, 4.69) is 24.3 Å². The van der Waals surface area contributed by atoms with Crippen LogP contribution in [0.3, 0.4) is 0 Å². The average Bonchev–Trinajstić information content (AvgIpc) is 2.67. The summed E-state index contributed by atoms with van der Waals surface area (Å²) in [5.74, 6) is 0.127. The van der Waals surface area contributed by atoms with Crippen LogP contribution in [0.15, 0.2) is 71.1 Å². The van der Waals surface area contributed by atoms with Crippen molar-refractivity contribution in [2.45, 2.75) is 32.4 Å². The molecule has 1 heterocycles.